The Morgan fingerprint density at radius 2 is 1.79 bits per heavy atom. The van der Waals surface area contributed by atoms with E-state index in [1.807, 2.05) is 18.2 Å². The van der Waals surface area contributed by atoms with Crippen LogP contribution in [-0.4, -0.2) is 35.3 Å². The number of H-pyrrole nitrogens is 1. The average Bonchev–Trinajstić information content (AvgIpc) is 3.12. The van der Waals surface area contributed by atoms with Crippen LogP contribution in [0.25, 0.3) is 11.4 Å². The molecule has 2 aromatic heterocycles. The first-order chi connectivity index (χ1) is 11.7. The van der Waals surface area contributed by atoms with Crippen LogP contribution in [0.3, 0.4) is 0 Å². The Morgan fingerprint density at radius 3 is 2.42 bits per heavy atom. The number of methoxy groups -OCH3 is 2. The lowest BCUT2D eigenvalue weighted by Crippen LogP contribution is -2.12. The van der Waals surface area contributed by atoms with E-state index >= 15 is 0 Å². The molecule has 3 aromatic rings. The molecule has 3 rings (SSSR count). The monoisotopic (exact) mass is 324 g/mol. The summed E-state index contributed by atoms with van der Waals surface area (Å²) in [4.78, 5) is 16.6. The Balaban J connectivity index is 1.80. The Labute approximate surface area is 138 Å². The number of pyridine rings is 1. The van der Waals surface area contributed by atoms with Crippen LogP contribution in [0.1, 0.15) is 10.5 Å². The van der Waals surface area contributed by atoms with E-state index in [9.17, 15) is 4.79 Å². The summed E-state index contributed by atoms with van der Waals surface area (Å²) >= 11 is 0. The maximum atomic E-state index is 12.4. The molecule has 1 amide bonds. The van der Waals surface area contributed by atoms with Crippen LogP contribution in [0.15, 0.2) is 48.7 Å². The van der Waals surface area contributed by atoms with Crippen LogP contribution in [0.4, 0.5) is 5.69 Å². The summed E-state index contributed by atoms with van der Waals surface area (Å²) in [5.74, 6) is 0.854. The third kappa shape index (κ3) is 3.35. The smallest absolute Gasteiger partial charge is 0.273 e. The SMILES string of the molecule is COc1cc(NC(=O)c2cc(-c3ccccn3)n[nH]2)cc(OC)c1. The zero-order valence-electron chi connectivity index (χ0n) is 13.2. The molecule has 1 aromatic carbocycles. The summed E-state index contributed by atoms with van der Waals surface area (Å²) in [5.41, 5.74) is 2.18. The minimum atomic E-state index is -0.319. The number of nitrogens with zero attached hydrogens (tertiary/aromatic N) is 2. The zero-order valence-corrected chi connectivity index (χ0v) is 13.2. The van der Waals surface area contributed by atoms with Gasteiger partial charge in [-0.2, -0.15) is 5.10 Å². The number of benzene rings is 1. The van der Waals surface area contributed by atoms with E-state index in [1.165, 1.54) is 0 Å². The number of carbonyl (C=O) groups is 1. The fourth-order valence-electron chi connectivity index (χ4n) is 2.16. The molecule has 0 saturated carbocycles. The molecule has 0 aliphatic carbocycles. The van der Waals surface area contributed by atoms with Gasteiger partial charge in [-0.15, -0.1) is 0 Å². The summed E-state index contributed by atoms with van der Waals surface area (Å²) in [6.45, 7) is 0. The normalized spacial score (nSPS) is 10.2. The molecular weight excluding hydrogens is 308 g/mol. The largest absolute Gasteiger partial charge is 0.497 e. The highest BCUT2D eigenvalue weighted by molar-refractivity contribution is 6.03. The highest BCUT2D eigenvalue weighted by atomic mass is 16.5. The minimum absolute atomic E-state index is 0.319. The van der Waals surface area contributed by atoms with Crippen molar-refractivity contribution < 1.29 is 14.3 Å². The number of aromatic nitrogens is 3. The maximum Gasteiger partial charge on any atom is 0.273 e. The topological polar surface area (TPSA) is 89.1 Å². The number of aromatic amines is 1. The molecule has 0 spiro atoms. The lowest BCUT2D eigenvalue weighted by molar-refractivity contribution is 0.102. The second-order valence-corrected chi connectivity index (χ2v) is 4.94. The molecule has 7 heteroatoms. The van der Waals surface area contributed by atoms with E-state index in [0.29, 0.717) is 34.3 Å². The van der Waals surface area contributed by atoms with E-state index < -0.39 is 0 Å². The first-order valence-corrected chi connectivity index (χ1v) is 7.21. The molecule has 0 unspecified atom stereocenters. The summed E-state index contributed by atoms with van der Waals surface area (Å²) in [5, 5.41) is 9.62. The molecule has 2 heterocycles. The molecule has 7 nitrogen and oxygen atoms in total. The molecule has 24 heavy (non-hydrogen) atoms. The van der Waals surface area contributed by atoms with Gasteiger partial charge in [0.2, 0.25) is 0 Å². The predicted molar refractivity (Wildman–Crippen MR) is 89.3 cm³/mol. The van der Waals surface area contributed by atoms with Gasteiger partial charge in [0.15, 0.2) is 0 Å². The highest BCUT2D eigenvalue weighted by Crippen LogP contribution is 2.26. The second-order valence-electron chi connectivity index (χ2n) is 4.94. The molecule has 0 radical (unpaired) electrons. The van der Waals surface area contributed by atoms with Gasteiger partial charge in [0, 0.05) is 30.1 Å². The number of hydrogen-bond donors (Lipinski definition) is 2. The van der Waals surface area contributed by atoms with Crippen LogP contribution in [-0.2, 0) is 0 Å². The van der Waals surface area contributed by atoms with Crippen LogP contribution < -0.4 is 14.8 Å². The first-order valence-electron chi connectivity index (χ1n) is 7.21. The van der Waals surface area contributed by atoms with Crippen LogP contribution in [0.2, 0.25) is 0 Å². The molecule has 0 aliphatic rings. The molecule has 122 valence electrons. The quantitative estimate of drug-likeness (QED) is 0.753. The van der Waals surface area contributed by atoms with Crippen LogP contribution in [0, 0.1) is 0 Å². The van der Waals surface area contributed by atoms with Gasteiger partial charge in [-0.1, -0.05) is 6.07 Å². The molecule has 0 aliphatic heterocycles. The standard InChI is InChI=1S/C17H16N4O3/c1-23-12-7-11(8-13(9-12)24-2)19-17(22)16-10-15(20-21-16)14-5-3-4-6-18-14/h3-10H,1-2H3,(H,19,22)(H,20,21). The molecule has 2 N–H and O–H groups in total. The third-order valence-corrected chi connectivity index (χ3v) is 3.36. The van der Waals surface area contributed by atoms with Gasteiger partial charge < -0.3 is 14.8 Å². The Kier molecular flexibility index (Phi) is 4.42. The summed E-state index contributed by atoms with van der Waals surface area (Å²) in [6, 6.07) is 12.3. The fraction of sp³-hybridized carbons (Fsp3) is 0.118. The predicted octanol–water partition coefficient (Wildman–Crippen LogP) is 2.74. The lowest BCUT2D eigenvalue weighted by Gasteiger charge is -2.09. The van der Waals surface area contributed by atoms with Crippen molar-refractivity contribution in [2.45, 2.75) is 0 Å². The van der Waals surface area contributed by atoms with Gasteiger partial charge in [0.25, 0.3) is 5.91 Å². The fourth-order valence-corrected chi connectivity index (χ4v) is 2.16. The number of anilines is 1. The van der Waals surface area contributed by atoms with Crippen molar-refractivity contribution in [1.29, 1.82) is 0 Å². The number of rotatable bonds is 5. The van der Waals surface area contributed by atoms with E-state index in [1.54, 1.807) is 44.7 Å². The van der Waals surface area contributed by atoms with Gasteiger partial charge in [-0.3, -0.25) is 14.9 Å². The van der Waals surface area contributed by atoms with Crippen molar-refractivity contribution in [3.8, 4) is 22.9 Å². The summed E-state index contributed by atoms with van der Waals surface area (Å²) < 4.78 is 10.4. The van der Waals surface area contributed by atoms with E-state index in [4.69, 9.17) is 9.47 Å². The van der Waals surface area contributed by atoms with Crippen LogP contribution in [0.5, 0.6) is 11.5 Å². The molecule has 0 fully saturated rings. The van der Waals surface area contributed by atoms with Gasteiger partial charge >= 0.3 is 0 Å². The van der Waals surface area contributed by atoms with Gasteiger partial charge in [0.05, 0.1) is 19.9 Å². The Morgan fingerprint density at radius 1 is 1.04 bits per heavy atom. The van der Waals surface area contributed by atoms with Crippen LogP contribution >= 0.6 is 0 Å². The summed E-state index contributed by atoms with van der Waals surface area (Å²) in [7, 11) is 3.10. The first kappa shape index (κ1) is 15.5. The van der Waals surface area contributed by atoms with Crippen molar-refractivity contribution in [3.05, 3.63) is 54.4 Å². The molecule has 0 bridgehead atoms. The van der Waals surface area contributed by atoms with Crippen molar-refractivity contribution in [2.75, 3.05) is 19.5 Å². The lowest BCUT2D eigenvalue weighted by atomic mass is 10.2. The van der Waals surface area contributed by atoms with Gasteiger partial charge in [-0.05, 0) is 18.2 Å². The minimum Gasteiger partial charge on any atom is -0.497 e. The van der Waals surface area contributed by atoms with Gasteiger partial charge in [0.1, 0.15) is 22.9 Å². The van der Waals surface area contributed by atoms with Crippen molar-refractivity contribution in [3.63, 3.8) is 0 Å². The Bertz CT molecular complexity index is 824. The van der Waals surface area contributed by atoms with E-state index in [0.717, 1.165) is 0 Å². The van der Waals surface area contributed by atoms with E-state index in [2.05, 4.69) is 20.5 Å². The number of amides is 1. The average molecular weight is 324 g/mol. The highest BCUT2D eigenvalue weighted by Gasteiger charge is 2.13. The maximum absolute atomic E-state index is 12.4. The molecule has 0 saturated heterocycles. The molecule has 0 atom stereocenters. The number of nitrogens with one attached hydrogen (secondary N) is 2. The zero-order chi connectivity index (χ0) is 16.9. The number of ether oxygens (including phenoxy) is 2. The third-order valence-electron chi connectivity index (χ3n) is 3.36. The van der Waals surface area contributed by atoms with Gasteiger partial charge in [-0.25, -0.2) is 0 Å². The second kappa shape index (κ2) is 6.82. The number of hydrogen-bond acceptors (Lipinski definition) is 5. The van der Waals surface area contributed by atoms with Crippen molar-refractivity contribution in [1.82, 2.24) is 15.2 Å². The Hall–Kier alpha value is -3.35. The molecular formula is C17H16N4O3. The van der Waals surface area contributed by atoms with Crippen molar-refractivity contribution >= 4 is 11.6 Å². The van der Waals surface area contributed by atoms with Crippen molar-refractivity contribution in [2.24, 2.45) is 0 Å². The summed E-state index contributed by atoms with van der Waals surface area (Å²) in [6.07, 6.45) is 1.67. The van der Waals surface area contributed by atoms with E-state index in [-0.39, 0.29) is 5.91 Å². The number of carbonyl (C=O) groups excluding carboxylic acids is 1.